The summed E-state index contributed by atoms with van der Waals surface area (Å²) in [5.41, 5.74) is 6.57. The van der Waals surface area contributed by atoms with Crippen LogP contribution in [-0.4, -0.2) is 8.42 Å². The highest BCUT2D eigenvalue weighted by molar-refractivity contribution is 9.11. The van der Waals surface area contributed by atoms with Gasteiger partial charge in [-0.3, -0.25) is 4.72 Å². The Morgan fingerprint density at radius 2 is 1.68 bits per heavy atom. The zero-order valence-electron chi connectivity index (χ0n) is 9.60. The van der Waals surface area contributed by atoms with Crippen LogP contribution >= 0.6 is 31.9 Å². The molecule has 2 aromatic carbocycles. The van der Waals surface area contributed by atoms with E-state index < -0.39 is 10.0 Å². The molecule has 3 N–H and O–H groups in total. The third-order valence-electron chi connectivity index (χ3n) is 2.36. The number of anilines is 2. The monoisotopic (exact) mass is 404 g/mol. The normalized spacial score (nSPS) is 11.3. The van der Waals surface area contributed by atoms with E-state index >= 15 is 0 Å². The summed E-state index contributed by atoms with van der Waals surface area (Å²) in [5.74, 6) is 0. The second-order valence-electron chi connectivity index (χ2n) is 3.78. The highest BCUT2D eigenvalue weighted by atomic mass is 79.9. The maximum atomic E-state index is 12.3. The smallest absolute Gasteiger partial charge is 0.263 e. The Labute approximate surface area is 128 Å². The fourth-order valence-corrected chi connectivity index (χ4v) is 4.17. The number of nitrogen functional groups attached to an aromatic ring is 1. The van der Waals surface area contributed by atoms with Crippen molar-refractivity contribution in [2.75, 3.05) is 10.5 Å². The molecule has 19 heavy (non-hydrogen) atoms. The van der Waals surface area contributed by atoms with Gasteiger partial charge in [0.15, 0.2) is 0 Å². The molecule has 7 heteroatoms. The molecule has 0 saturated carbocycles. The van der Waals surface area contributed by atoms with Crippen LogP contribution in [0, 0.1) is 0 Å². The SMILES string of the molecule is Nc1ccc(S(=O)(=O)Nc2ccccc2Br)c(Br)c1. The van der Waals surface area contributed by atoms with Gasteiger partial charge in [-0.2, -0.15) is 0 Å². The molecule has 0 amide bonds. The molecule has 0 atom stereocenters. The highest BCUT2D eigenvalue weighted by Crippen LogP contribution is 2.28. The number of rotatable bonds is 3. The Kier molecular flexibility index (Phi) is 4.17. The molecule has 0 aliphatic rings. The van der Waals surface area contributed by atoms with Crippen LogP contribution in [-0.2, 0) is 10.0 Å². The minimum Gasteiger partial charge on any atom is -0.399 e. The van der Waals surface area contributed by atoms with E-state index in [0.717, 1.165) is 0 Å². The number of hydrogen-bond donors (Lipinski definition) is 2. The van der Waals surface area contributed by atoms with E-state index in [1.807, 2.05) is 0 Å². The van der Waals surface area contributed by atoms with Crippen LogP contribution in [0.1, 0.15) is 0 Å². The largest absolute Gasteiger partial charge is 0.399 e. The second-order valence-corrected chi connectivity index (χ2v) is 7.13. The van der Waals surface area contributed by atoms with Crippen molar-refractivity contribution >= 4 is 53.3 Å². The lowest BCUT2D eigenvalue weighted by molar-refractivity contribution is 0.601. The number of benzene rings is 2. The van der Waals surface area contributed by atoms with Crippen molar-refractivity contribution in [1.82, 2.24) is 0 Å². The highest BCUT2D eigenvalue weighted by Gasteiger charge is 2.18. The lowest BCUT2D eigenvalue weighted by Crippen LogP contribution is -2.14. The molecule has 2 aromatic rings. The number of halogens is 2. The lowest BCUT2D eigenvalue weighted by Gasteiger charge is -2.11. The summed E-state index contributed by atoms with van der Waals surface area (Å²) in [6.45, 7) is 0. The molecular formula is C12H10Br2N2O2S. The fourth-order valence-electron chi connectivity index (χ4n) is 1.48. The Morgan fingerprint density at radius 3 is 2.32 bits per heavy atom. The van der Waals surface area contributed by atoms with Gasteiger partial charge in [0, 0.05) is 14.6 Å². The Bertz CT molecular complexity index is 717. The summed E-state index contributed by atoms with van der Waals surface area (Å²) in [6, 6.07) is 11.5. The summed E-state index contributed by atoms with van der Waals surface area (Å²) in [5, 5.41) is 0. The van der Waals surface area contributed by atoms with Gasteiger partial charge in [-0.05, 0) is 62.2 Å². The van der Waals surface area contributed by atoms with Gasteiger partial charge in [0.2, 0.25) is 0 Å². The van der Waals surface area contributed by atoms with Crippen LogP contribution in [0.5, 0.6) is 0 Å². The second kappa shape index (κ2) is 5.52. The summed E-state index contributed by atoms with van der Waals surface area (Å²) < 4.78 is 28.2. The third kappa shape index (κ3) is 3.29. The molecule has 0 aliphatic carbocycles. The van der Waals surface area contributed by atoms with Crippen molar-refractivity contribution in [1.29, 1.82) is 0 Å². The van der Waals surface area contributed by atoms with E-state index in [2.05, 4.69) is 36.6 Å². The van der Waals surface area contributed by atoms with Crippen molar-refractivity contribution in [3.05, 3.63) is 51.4 Å². The van der Waals surface area contributed by atoms with Crippen LogP contribution < -0.4 is 10.5 Å². The van der Waals surface area contributed by atoms with Crippen molar-refractivity contribution < 1.29 is 8.42 Å². The average Bonchev–Trinajstić information content (AvgIpc) is 2.31. The summed E-state index contributed by atoms with van der Waals surface area (Å²) in [4.78, 5) is 0.137. The molecule has 2 rings (SSSR count). The van der Waals surface area contributed by atoms with Gasteiger partial charge in [0.25, 0.3) is 10.0 Å². The maximum absolute atomic E-state index is 12.3. The lowest BCUT2D eigenvalue weighted by atomic mass is 10.3. The zero-order chi connectivity index (χ0) is 14.0. The third-order valence-corrected chi connectivity index (χ3v) is 5.40. The van der Waals surface area contributed by atoms with Gasteiger partial charge >= 0.3 is 0 Å². The first-order chi connectivity index (χ1) is 8.90. The molecule has 0 spiro atoms. The van der Waals surface area contributed by atoms with Crippen LogP contribution in [0.3, 0.4) is 0 Å². The van der Waals surface area contributed by atoms with Gasteiger partial charge < -0.3 is 5.73 Å². The Balaban J connectivity index is 2.41. The van der Waals surface area contributed by atoms with Gasteiger partial charge in [-0.25, -0.2) is 8.42 Å². The molecule has 0 aromatic heterocycles. The van der Waals surface area contributed by atoms with E-state index in [4.69, 9.17) is 5.73 Å². The molecule has 0 radical (unpaired) electrons. The molecule has 0 aliphatic heterocycles. The van der Waals surface area contributed by atoms with Crippen molar-refractivity contribution in [3.8, 4) is 0 Å². The summed E-state index contributed by atoms with van der Waals surface area (Å²) >= 11 is 6.50. The van der Waals surface area contributed by atoms with Crippen molar-refractivity contribution in [2.45, 2.75) is 4.90 Å². The minimum absolute atomic E-state index is 0.137. The topological polar surface area (TPSA) is 72.2 Å². The minimum atomic E-state index is -3.67. The number of hydrogen-bond acceptors (Lipinski definition) is 3. The Morgan fingerprint density at radius 1 is 1.00 bits per heavy atom. The van der Waals surface area contributed by atoms with Gasteiger partial charge in [0.05, 0.1) is 5.69 Å². The standard InChI is InChI=1S/C12H10Br2N2O2S/c13-9-3-1-2-4-11(9)16-19(17,18)12-6-5-8(15)7-10(12)14/h1-7,16H,15H2. The number of sulfonamides is 1. The molecule has 100 valence electrons. The molecule has 0 unspecified atom stereocenters. The van der Waals surface area contributed by atoms with Gasteiger partial charge in [0.1, 0.15) is 4.90 Å². The van der Waals surface area contributed by atoms with Crippen LogP contribution in [0.25, 0.3) is 0 Å². The van der Waals surface area contributed by atoms with Crippen molar-refractivity contribution in [2.24, 2.45) is 0 Å². The van der Waals surface area contributed by atoms with E-state index in [1.54, 1.807) is 36.4 Å². The summed E-state index contributed by atoms with van der Waals surface area (Å²) in [6.07, 6.45) is 0. The quantitative estimate of drug-likeness (QED) is 0.766. The predicted molar refractivity (Wildman–Crippen MR) is 83.5 cm³/mol. The van der Waals surface area contributed by atoms with E-state index in [1.165, 1.54) is 6.07 Å². The van der Waals surface area contributed by atoms with Crippen LogP contribution in [0.4, 0.5) is 11.4 Å². The molecule has 0 heterocycles. The average molecular weight is 406 g/mol. The molecule has 0 saturated heterocycles. The van der Waals surface area contributed by atoms with Crippen molar-refractivity contribution in [3.63, 3.8) is 0 Å². The number of nitrogens with one attached hydrogen (secondary N) is 1. The van der Waals surface area contributed by atoms with Crippen LogP contribution in [0.15, 0.2) is 56.3 Å². The first-order valence-corrected chi connectivity index (χ1v) is 8.29. The summed E-state index contributed by atoms with van der Waals surface area (Å²) in [7, 11) is -3.67. The fraction of sp³-hybridized carbons (Fsp3) is 0. The first-order valence-electron chi connectivity index (χ1n) is 5.22. The van der Waals surface area contributed by atoms with E-state index in [9.17, 15) is 8.42 Å². The molecule has 4 nitrogen and oxygen atoms in total. The van der Waals surface area contributed by atoms with Gasteiger partial charge in [-0.1, -0.05) is 12.1 Å². The molecular weight excluding hydrogens is 396 g/mol. The van der Waals surface area contributed by atoms with E-state index in [0.29, 0.717) is 20.3 Å². The zero-order valence-corrected chi connectivity index (χ0v) is 13.6. The maximum Gasteiger partial charge on any atom is 0.263 e. The first kappa shape index (κ1) is 14.4. The number of para-hydroxylation sites is 1. The van der Waals surface area contributed by atoms with Gasteiger partial charge in [-0.15, -0.1) is 0 Å². The van der Waals surface area contributed by atoms with E-state index in [-0.39, 0.29) is 4.90 Å². The van der Waals surface area contributed by atoms with Crippen LogP contribution in [0.2, 0.25) is 0 Å². The number of nitrogens with two attached hydrogens (primary N) is 1. The predicted octanol–water partition coefficient (Wildman–Crippen LogP) is 3.59. The Hall–Kier alpha value is -1.05. The molecule has 0 bridgehead atoms. The molecule has 0 fully saturated rings.